The molecule has 0 aliphatic carbocycles. The van der Waals surface area contributed by atoms with Gasteiger partial charge in [0.25, 0.3) is 0 Å². The molecule has 1 fully saturated rings. The van der Waals surface area contributed by atoms with Gasteiger partial charge in [0, 0.05) is 18.1 Å². The summed E-state index contributed by atoms with van der Waals surface area (Å²) < 4.78 is 0. The first-order valence-corrected chi connectivity index (χ1v) is 8.33. The number of nitrogens with zero attached hydrogens (tertiary/aromatic N) is 1. The lowest BCUT2D eigenvalue weighted by Gasteiger charge is -2.34. The van der Waals surface area contributed by atoms with Crippen LogP contribution in [0.15, 0.2) is 0 Å². The zero-order chi connectivity index (χ0) is 12.7. The van der Waals surface area contributed by atoms with Gasteiger partial charge in [0.1, 0.15) is 0 Å². The highest BCUT2D eigenvalue weighted by molar-refractivity contribution is 7.99. The van der Waals surface area contributed by atoms with Crippen LogP contribution in [0.5, 0.6) is 0 Å². The average Bonchev–Trinajstić information content (AvgIpc) is 2.46. The zero-order valence-corrected chi connectivity index (χ0v) is 12.9. The minimum Gasteiger partial charge on any atom is -0.310 e. The van der Waals surface area contributed by atoms with Gasteiger partial charge in [-0.3, -0.25) is 4.90 Å². The van der Waals surface area contributed by atoms with Crippen molar-refractivity contribution < 1.29 is 0 Å². The van der Waals surface area contributed by atoms with E-state index in [-0.39, 0.29) is 0 Å². The van der Waals surface area contributed by atoms with Crippen molar-refractivity contribution in [2.45, 2.75) is 58.5 Å². The molecule has 102 valence electrons. The van der Waals surface area contributed by atoms with E-state index in [1.54, 1.807) is 0 Å². The summed E-state index contributed by atoms with van der Waals surface area (Å²) in [5.74, 6) is 2.57. The van der Waals surface area contributed by atoms with E-state index in [0.29, 0.717) is 5.54 Å². The van der Waals surface area contributed by atoms with Crippen LogP contribution in [-0.2, 0) is 0 Å². The lowest BCUT2D eigenvalue weighted by molar-refractivity contribution is 0.172. The summed E-state index contributed by atoms with van der Waals surface area (Å²) in [5, 5.41) is 3.72. The Morgan fingerprint density at radius 2 is 2.18 bits per heavy atom. The largest absolute Gasteiger partial charge is 0.310 e. The van der Waals surface area contributed by atoms with Gasteiger partial charge < -0.3 is 5.32 Å². The van der Waals surface area contributed by atoms with Gasteiger partial charge in [-0.25, -0.2) is 0 Å². The van der Waals surface area contributed by atoms with Gasteiger partial charge in [0.15, 0.2) is 0 Å². The van der Waals surface area contributed by atoms with Crippen LogP contribution >= 0.6 is 11.8 Å². The first kappa shape index (κ1) is 15.3. The minimum atomic E-state index is 0.322. The van der Waals surface area contributed by atoms with E-state index in [4.69, 9.17) is 0 Å². The normalized spacial score (nSPS) is 31.4. The molecule has 1 saturated heterocycles. The Balaban J connectivity index is 2.42. The molecule has 2 unspecified atom stereocenters. The van der Waals surface area contributed by atoms with Gasteiger partial charge in [-0.15, -0.1) is 0 Å². The van der Waals surface area contributed by atoms with Gasteiger partial charge in [-0.05, 0) is 57.7 Å². The van der Waals surface area contributed by atoms with Gasteiger partial charge in [-0.2, -0.15) is 11.8 Å². The monoisotopic (exact) mass is 258 g/mol. The van der Waals surface area contributed by atoms with Gasteiger partial charge in [0.2, 0.25) is 0 Å². The third-order valence-corrected chi connectivity index (χ3v) is 4.99. The van der Waals surface area contributed by atoms with Crippen LogP contribution in [0.25, 0.3) is 0 Å². The van der Waals surface area contributed by atoms with Crippen LogP contribution in [0.3, 0.4) is 0 Å². The van der Waals surface area contributed by atoms with Crippen molar-refractivity contribution in [2.24, 2.45) is 0 Å². The van der Waals surface area contributed by atoms with Crippen molar-refractivity contribution in [3.8, 4) is 0 Å². The Morgan fingerprint density at radius 3 is 2.82 bits per heavy atom. The van der Waals surface area contributed by atoms with Crippen molar-refractivity contribution in [3.63, 3.8) is 0 Å². The Bertz CT molecular complexity index is 210. The summed E-state index contributed by atoms with van der Waals surface area (Å²) >= 11 is 2.07. The second-order valence-corrected chi connectivity index (χ2v) is 6.89. The highest BCUT2D eigenvalue weighted by Crippen LogP contribution is 2.19. The lowest BCUT2D eigenvalue weighted by Crippen LogP contribution is -2.49. The average molecular weight is 258 g/mol. The first-order chi connectivity index (χ1) is 8.11. The Labute approximate surface area is 112 Å². The highest BCUT2D eigenvalue weighted by Gasteiger charge is 2.29. The van der Waals surface area contributed by atoms with Crippen molar-refractivity contribution in [2.75, 3.05) is 31.1 Å². The number of hydrogen-bond donors (Lipinski definition) is 1. The van der Waals surface area contributed by atoms with Crippen molar-refractivity contribution in [3.05, 3.63) is 0 Å². The van der Waals surface area contributed by atoms with Crippen LogP contribution in [-0.4, -0.2) is 47.6 Å². The topological polar surface area (TPSA) is 15.3 Å². The quantitative estimate of drug-likeness (QED) is 0.737. The third kappa shape index (κ3) is 5.19. The Kier molecular flexibility index (Phi) is 6.90. The van der Waals surface area contributed by atoms with E-state index in [0.717, 1.165) is 6.04 Å². The molecular formula is C14H30N2S. The minimum absolute atomic E-state index is 0.322. The fourth-order valence-electron chi connectivity index (χ4n) is 2.48. The van der Waals surface area contributed by atoms with Crippen molar-refractivity contribution >= 4 is 11.8 Å². The second-order valence-electron chi connectivity index (χ2n) is 5.50. The van der Waals surface area contributed by atoms with Crippen molar-refractivity contribution in [1.82, 2.24) is 10.2 Å². The molecule has 0 saturated carbocycles. The molecule has 0 amide bonds. The van der Waals surface area contributed by atoms with E-state index in [2.05, 4.69) is 49.7 Å². The molecule has 1 N–H and O–H groups in total. The Hall–Kier alpha value is 0.270. The van der Waals surface area contributed by atoms with E-state index in [9.17, 15) is 0 Å². The number of thioether (sulfide) groups is 1. The van der Waals surface area contributed by atoms with Crippen LogP contribution in [0.4, 0.5) is 0 Å². The number of hydrogen-bond acceptors (Lipinski definition) is 3. The maximum atomic E-state index is 3.72. The smallest absolute Gasteiger partial charge is 0.0277 e. The van der Waals surface area contributed by atoms with Crippen LogP contribution in [0.1, 0.15) is 47.0 Å². The molecule has 17 heavy (non-hydrogen) atoms. The first-order valence-electron chi connectivity index (χ1n) is 7.18. The van der Waals surface area contributed by atoms with E-state index >= 15 is 0 Å². The fraction of sp³-hybridized carbons (Fsp3) is 1.00. The molecule has 0 aromatic carbocycles. The lowest BCUT2D eigenvalue weighted by atomic mass is 9.98. The molecular weight excluding hydrogens is 228 g/mol. The molecule has 2 nitrogen and oxygen atoms in total. The zero-order valence-electron chi connectivity index (χ0n) is 12.1. The molecule has 0 aromatic heterocycles. The summed E-state index contributed by atoms with van der Waals surface area (Å²) in [5.41, 5.74) is 0.322. The van der Waals surface area contributed by atoms with Crippen molar-refractivity contribution in [1.29, 1.82) is 0 Å². The highest BCUT2D eigenvalue weighted by atomic mass is 32.2. The number of rotatable bonds is 6. The SMILES string of the molecule is CCSCCCN1CC(C)(CC)NCCC1C. The Morgan fingerprint density at radius 1 is 1.41 bits per heavy atom. The van der Waals surface area contributed by atoms with Gasteiger partial charge in [-0.1, -0.05) is 13.8 Å². The number of nitrogens with one attached hydrogen (secondary N) is 1. The summed E-state index contributed by atoms with van der Waals surface area (Å²) in [6.07, 6.45) is 3.85. The van der Waals surface area contributed by atoms with Gasteiger partial charge >= 0.3 is 0 Å². The molecule has 1 rings (SSSR count). The summed E-state index contributed by atoms with van der Waals surface area (Å²) in [4.78, 5) is 2.69. The molecule has 1 heterocycles. The molecule has 3 heteroatoms. The molecule has 0 aromatic rings. The van der Waals surface area contributed by atoms with Crippen LogP contribution in [0, 0.1) is 0 Å². The second kappa shape index (κ2) is 7.65. The van der Waals surface area contributed by atoms with Crippen LogP contribution in [0.2, 0.25) is 0 Å². The molecule has 0 radical (unpaired) electrons. The van der Waals surface area contributed by atoms with Gasteiger partial charge in [0.05, 0.1) is 0 Å². The fourth-order valence-corrected chi connectivity index (χ4v) is 3.10. The molecule has 1 aliphatic heterocycles. The maximum absolute atomic E-state index is 3.72. The van der Waals surface area contributed by atoms with E-state index in [1.807, 2.05) is 0 Å². The standard InChI is InChI=1S/C14H30N2S/c1-5-14(4)12-16(10-7-11-17-6-2)13(3)8-9-15-14/h13,15H,5-12H2,1-4H3. The summed E-state index contributed by atoms with van der Waals surface area (Å²) in [6.45, 7) is 13.0. The predicted molar refractivity (Wildman–Crippen MR) is 80.0 cm³/mol. The predicted octanol–water partition coefficient (Wildman–Crippen LogP) is 2.98. The van der Waals surface area contributed by atoms with E-state index < -0.39 is 0 Å². The third-order valence-electron chi connectivity index (χ3n) is 4.01. The molecule has 1 aliphatic rings. The molecule has 2 atom stereocenters. The van der Waals surface area contributed by atoms with E-state index in [1.165, 1.54) is 50.4 Å². The maximum Gasteiger partial charge on any atom is 0.0277 e. The molecule has 0 bridgehead atoms. The summed E-state index contributed by atoms with van der Waals surface area (Å²) in [6, 6.07) is 0.738. The molecule has 0 spiro atoms. The summed E-state index contributed by atoms with van der Waals surface area (Å²) in [7, 11) is 0. The van der Waals surface area contributed by atoms with Crippen LogP contribution < -0.4 is 5.32 Å².